The van der Waals surface area contributed by atoms with Gasteiger partial charge in [-0.2, -0.15) is 0 Å². The number of rotatable bonds is 0. The van der Waals surface area contributed by atoms with E-state index in [-0.39, 0.29) is 62.3 Å². The van der Waals surface area contributed by atoms with Gasteiger partial charge in [-0.05, 0) is 0 Å². The van der Waals surface area contributed by atoms with Gasteiger partial charge >= 0.3 is 29.2 Å². The van der Waals surface area contributed by atoms with Gasteiger partial charge in [0.2, 0.25) is 0 Å². The van der Waals surface area contributed by atoms with Gasteiger partial charge in [0.05, 0.1) is 0 Å². The van der Waals surface area contributed by atoms with E-state index < -0.39 is 6.16 Å². The lowest BCUT2D eigenvalue weighted by Gasteiger charge is -1.60. The average Bonchev–Trinajstić information content (AvgIpc) is 0.811. The van der Waals surface area contributed by atoms with Crippen LogP contribution in [0.4, 0.5) is 4.79 Å². The lowest BCUT2D eigenvalue weighted by molar-refractivity contribution is 0.137. The Morgan fingerprint density at radius 3 is 0.900 bits per heavy atom. The molecule has 7 nitrogen and oxygen atoms in total. The highest BCUT2D eigenvalue weighted by molar-refractivity contribution is 5.76. The van der Waals surface area contributed by atoms with E-state index >= 15 is 0 Å². The lowest BCUT2D eigenvalue weighted by Crippen LogP contribution is -1.81. The number of carbonyl (C=O) groups is 1. The minimum atomic E-state index is -1.83. The Morgan fingerprint density at radius 1 is 0.900 bits per heavy atom. The van der Waals surface area contributed by atoms with Crippen molar-refractivity contribution >= 4 is 46.6 Å². The lowest BCUT2D eigenvalue weighted by atomic mass is 11.5. The largest absolute Gasteiger partial charge is 0.503 e. The molecule has 0 spiro atoms. The molecule has 0 aromatic carbocycles. The van der Waals surface area contributed by atoms with Gasteiger partial charge in [0, 0.05) is 0 Å². The summed E-state index contributed by atoms with van der Waals surface area (Å²) in [4.78, 5) is 8.56. The Labute approximate surface area is 83.6 Å². The van der Waals surface area contributed by atoms with Crippen molar-refractivity contribution in [1.29, 1.82) is 0 Å². The zero-order chi connectivity index (χ0) is 3.58. The highest BCUT2D eigenvalue weighted by Crippen LogP contribution is 1.42. The van der Waals surface area contributed by atoms with Gasteiger partial charge in [-0.15, -0.1) is 0 Å². The average molecular weight is 190 g/mol. The second-order valence-electron chi connectivity index (χ2n) is 0.283. The van der Waals surface area contributed by atoms with E-state index in [1.165, 1.54) is 0 Å². The van der Waals surface area contributed by atoms with E-state index in [0.29, 0.717) is 0 Å². The SMILES string of the molecule is O.O.O.O.O=C(O)O.[AlH3].[MgH2]. The van der Waals surface area contributed by atoms with Crippen molar-refractivity contribution in [2.75, 3.05) is 0 Å². The Morgan fingerprint density at radius 2 is 0.900 bits per heavy atom. The van der Waals surface area contributed by atoms with Crippen LogP contribution in [-0.2, 0) is 0 Å². The monoisotopic (exact) mass is 190 g/mol. The maximum Gasteiger partial charge on any atom is 0.503 e. The van der Waals surface area contributed by atoms with Crippen molar-refractivity contribution < 1.29 is 36.9 Å². The van der Waals surface area contributed by atoms with Crippen LogP contribution in [0.1, 0.15) is 0 Å². The van der Waals surface area contributed by atoms with Crippen molar-refractivity contribution in [3.05, 3.63) is 0 Å². The van der Waals surface area contributed by atoms with Crippen LogP contribution in [0, 0.1) is 0 Å². The van der Waals surface area contributed by atoms with Crippen LogP contribution in [0.3, 0.4) is 0 Å². The summed E-state index contributed by atoms with van der Waals surface area (Å²) >= 11 is 0. The summed E-state index contributed by atoms with van der Waals surface area (Å²) in [5.74, 6) is 0. The van der Waals surface area contributed by atoms with Gasteiger partial charge in [-0.25, -0.2) is 4.79 Å². The Bertz CT molecular complexity index is 36.6. The molecule has 0 atom stereocenters. The highest BCUT2D eigenvalue weighted by Gasteiger charge is 1.70. The normalized spacial score (nSPS) is 2.40. The van der Waals surface area contributed by atoms with Crippen LogP contribution in [0.25, 0.3) is 0 Å². The van der Waals surface area contributed by atoms with Gasteiger partial charge in [0.1, 0.15) is 0 Å². The minimum absolute atomic E-state index is 0. The Hall–Kier alpha value is 0.409. The van der Waals surface area contributed by atoms with Crippen LogP contribution in [0.5, 0.6) is 0 Å². The van der Waals surface area contributed by atoms with E-state index in [1.54, 1.807) is 0 Å². The Kier molecular flexibility index (Phi) is 454. The molecular formula is CH15AlMgO7. The molecule has 0 aliphatic heterocycles. The van der Waals surface area contributed by atoms with E-state index in [1.807, 2.05) is 0 Å². The molecule has 0 amide bonds. The number of carboxylic acid groups (broad SMARTS) is 2. The Balaban J connectivity index is -0.00000000300. The molecule has 0 aromatic heterocycles. The van der Waals surface area contributed by atoms with Crippen LogP contribution in [-0.4, -0.2) is 78.7 Å². The molecule has 0 heterocycles. The van der Waals surface area contributed by atoms with Crippen molar-refractivity contribution in [2.24, 2.45) is 0 Å². The van der Waals surface area contributed by atoms with E-state index in [0.717, 1.165) is 0 Å². The van der Waals surface area contributed by atoms with Crippen molar-refractivity contribution in [3.8, 4) is 0 Å². The summed E-state index contributed by atoms with van der Waals surface area (Å²) in [5.41, 5.74) is 0. The quantitative estimate of drug-likeness (QED) is 0.362. The van der Waals surface area contributed by atoms with Crippen molar-refractivity contribution in [1.82, 2.24) is 0 Å². The van der Waals surface area contributed by atoms with Crippen LogP contribution < -0.4 is 0 Å². The van der Waals surface area contributed by atoms with Gasteiger partial charge in [0.15, 0.2) is 17.4 Å². The highest BCUT2D eigenvalue weighted by atomic mass is 27.0. The first kappa shape index (κ1) is 79.3. The molecule has 0 rings (SSSR count). The standard InChI is InChI=1S/CH2O3.Al.Mg.4H2O.5H/c2-1(3)4;;;;;;;;;;;/h(H2,2,3,4);;;4*1H2;;;;;. The van der Waals surface area contributed by atoms with Gasteiger partial charge in [-0.3, -0.25) is 0 Å². The molecule has 0 saturated heterocycles. The second-order valence-corrected chi connectivity index (χ2v) is 0.283. The third-order valence-corrected chi connectivity index (χ3v) is 0. The predicted octanol–water partition coefficient (Wildman–Crippen LogP) is -5.18. The first-order valence-corrected chi connectivity index (χ1v) is 0.651. The summed E-state index contributed by atoms with van der Waals surface area (Å²) in [7, 11) is 0. The molecule has 0 fully saturated rings. The van der Waals surface area contributed by atoms with Gasteiger partial charge in [0.25, 0.3) is 0 Å². The summed E-state index contributed by atoms with van der Waals surface area (Å²) < 4.78 is 0. The second kappa shape index (κ2) is 57.3. The number of hydrogen-bond donors (Lipinski definition) is 2. The predicted molar refractivity (Wildman–Crippen MR) is 43.6 cm³/mol. The van der Waals surface area contributed by atoms with E-state index in [9.17, 15) is 0 Å². The molecular weight excluding hydrogens is 175 g/mol. The first-order valence-electron chi connectivity index (χ1n) is 0.651. The van der Waals surface area contributed by atoms with Crippen LogP contribution >= 0.6 is 0 Å². The number of hydrogen-bond acceptors (Lipinski definition) is 1. The van der Waals surface area contributed by atoms with Gasteiger partial charge < -0.3 is 32.1 Å². The molecule has 66 valence electrons. The fraction of sp³-hybridized carbons (Fsp3) is 0. The van der Waals surface area contributed by atoms with Crippen LogP contribution in [0.15, 0.2) is 0 Å². The fourth-order valence-electron chi connectivity index (χ4n) is 0. The molecule has 0 aliphatic carbocycles. The van der Waals surface area contributed by atoms with E-state index in [4.69, 9.17) is 15.0 Å². The molecule has 0 radical (unpaired) electrons. The smallest absolute Gasteiger partial charge is 0.450 e. The maximum absolute atomic E-state index is 8.56. The zero-order valence-corrected chi connectivity index (χ0v) is 3.80. The molecule has 10 N–H and O–H groups in total. The summed E-state index contributed by atoms with van der Waals surface area (Å²) in [6.45, 7) is 0. The third kappa shape index (κ3) is 2760. The molecule has 10 heavy (non-hydrogen) atoms. The maximum atomic E-state index is 8.56. The minimum Gasteiger partial charge on any atom is -0.450 e. The molecule has 9 heteroatoms. The summed E-state index contributed by atoms with van der Waals surface area (Å²) in [6, 6.07) is 0. The molecule has 0 aliphatic rings. The fourth-order valence-corrected chi connectivity index (χ4v) is 0. The van der Waals surface area contributed by atoms with E-state index in [2.05, 4.69) is 0 Å². The summed E-state index contributed by atoms with van der Waals surface area (Å²) in [6.07, 6.45) is -1.83. The van der Waals surface area contributed by atoms with Crippen molar-refractivity contribution in [2.45, 2.75) is 0 Å². The van der Waals surface area contributed by atoms with Crippen molar-refractivity contribution in [3.63, 3.8) is 0 Å². The molecule has 0 bridgehead atoms. The summed E-state index contributed by atoms with van der Waals surface area (Å²) in [5, 5.41) is 13.9. The zero-order valence-electron chi connectivity index (χ0n) is 3.80. The molecule has 0 saturated carbocycles. The third-order valence-electron chi connectivity index (χ3n) is 0. The van der Waals surface area contributed by atoms with Gasteiger partial charge in [-0.1, -0.05) is 0 Å². The molecule has 0 unspecified atom stereocenters. The molecule has 0 aromatic rings. The first-order chi connectivity index (χ1) is 1.73. The van der Waals surface area contributed by atoms with Crippen LogP contribution in [0.2, 0.25) is 0 Å². The topological polar surface area (TPSA) is 184 Å².